The van der Waals surface area contributed by atoms with E-state index in [2.05, 4.69) is 16.2 Å². The van der Waals surface area contributed by atoms with Crippen LogP contribution in [-0.4, -0.2) is 18.0 Å². The molecule has 3 aromatic carbocycles. The van der Waals surface area contributed by atoms with Gasteiger partial charge in [0, 0.05) is 5.69 Å². The van der Waals surface area contributed by atoms with Crippen molar-refractivity contribution >= 4 is 28.4 Å². The summed E-state index contributed by atoms with van der Waals surface area (Å²) in [5.41, 5.74) is 4.88. The molecule has 7 heteroatoms. The maximum Gasteiger partial charge on any atom is 0.337 e. The van der Waals surface area contributed by atoms with Crippen molar-refractivity contribution in [3.8, 4) is 5.75 Å². The quantitative estimate of drug-likeness (QED) is 0.617. The smallest absolute Gasteiger partial charge is 0.337 e. The Morgan fingerprint density at radius 3 is 2.37 bits per heavy atom. The molecule has 0 radical (unpaired) electrons. The zero-order valence-electron chi connectivity index (χ0n) is 14.5. The van der Waals surface area contributed by atoms with E-state index in [1.807, 2.05) is 36.4 Å². The van der Waals surface area contributed by atoms with Gasteiger partial charge in [-0.3, -0.25) is 10.2 Å². The highest BCUT2D eigenvalue weighted by atomic mass is 19.1. The first kappa shape index (κ1) is 18.2. The van der Waals surface area contributed by atoms with Crippen molar-refractivity contribution in [3.63, 3.8) is 0 Å². The van der Waals surface area contributed by atoms with Gasteiger partial charge in [0.15, 0.2) is 6.10 Å². The molecule has 0 spiro atoms. The van der Waals surface area contributed by atoms with E-state index in [9.17, 15) is 14.0 Å². The minimum atomic E-state index is -0.822. The molecule has 0 aliphatic rings. The number of rotatable bonds is 4. The summed E-state index contributed by atoms with van der Waals surface area (Å²) in [6.07, 6.45) is -0.822. The van der Waals surface area contributed by atoms with E-state index >= 15 is 0 Å². The summed E-state index contributed by atoms with van der Waals surface area (Å²) in [4.78, 5) is 23.8. The number of hydrogen-bond donors (Lipinski definition) is 3. The van der Waals surface area contributed by atoms with Crippen LogP contribution in [0.15, 0.2) is 66.7 Å². The van der Waals surface area contributed by atoms with Gasteiger partial charge in [-0.15, -0.1) is 0 Å². The highest BCUT2D eigenvalue weighted by molar-refractivity contribution is 5.91. The van der Waals surface area contributed by atoms with E-state index in [1.54, 1.807) is 13.0 Å². The number of carbonyl (C=O) groups excluding carboxylic acids is 2. The van der Waals surface area contributed by atoms with E-state index in [0.717, 1.165) is 10.8 Å². The predicted octanol–water partition coefficient (Wildman–Crippen LogP) is 3.60. The number of nitrogens with one attached hydrogen (secondary N) is 3. The van der Waals surface area contributed by atoms with Crippen LogP contribution in [0.25, 0.3) is 10.8 Å². The third-order valence-electron chi connectivity index (χ3n) is 3.80. The second-order valence-electron chi connectivity index (χ2n) is 5.84. The van der Waals surface area contributed by atoms with E-state index in [1.165, 1.54) is 24.3 Å². The topological polar surface area (TPSA) is 79.5 Å². The standard InChI is InChI=1S/C20H18FN3O3/c1-13(27-18-11-6-14-4-2-3-5-15(14)12-18)19(25)23-24-20(26)22-17-9-7-16(21)8-10-17/h2-13H,1H3,(H,23,25)(H2,22,24,26)/t13-/m0/s1. The van der Waals surface area contributed by atoms with Crippen LogP contribution in [0.3, 0.4) is 0 Å². The second-order valence-corrected chi connectivity index (χ2v) is 5.84. The molecule has 3 amide bonds. The lowest BCUT2D eigenvalue weighted by Gasteiger charge is -2.16. The van der Waals surface area contributed by atoms with Crippen LogP contribution in [0, 0.1) is 5.82 Å². The molecule has 3 rings (SSSR count). The van der Waals surface area contributed by atoms with Crippen molar-refractivity contribution < 1.29 is 18.7 Å². The number of fused-ring (bicyclic) bond motifs is 1. The maximum atomic E-state index is 12.8. The summed E-state index contributed by atoms with van der Waals surface area (Å²) >= 11 is 0. The van der Waals surface area contributed by atoms with Crippen molar-refractivity contribution in [1.82, 2.24) is 10.9 Å². The number of ether oxygens (including phenoxy) is 1. The average molecular weight is 367 g/mol. The van der Waals surface area contributed by atoms with Gasteiger partial charge in [-0.05, 0) is 54.1 Å². The largest absolute Gasteiger partial charge is 0.481 e. The first-order valence-electron chi connectivity index (χ1n) is 8.29. The molecule has 27 heavy (non-hydrogen) atoms. The summed E-state index contributed by atoms with van der Waals surface area (Å²) < 4.78 is 18.5. The van der Waals surface area contributed by atoms with Gasteiger partial charge in [0.1, 0.15) is 11.6 Å². The molecule has 0 bridgehead atoms. The minimum Gasteiger partial charge on any atom is -0.481 e. The molecule has 6 nitrogen and oxygen atoms in total. The van der Waals surface area contributed by atoms with Crippen LogP contribution >= 0.6 is 0 Å². The number of urea groups is 1. The van der Waals surface area contributed by atoms with Gasteiger partial charge in [0.25, 0.3) is 5.91 Å². The zero-order chi connectivity index (χ0) is 19.2. The molecule has 0 saturated heterocycles. The second kappa shape index (κ2) is 8.18. The summed E-state index contributed by atoms with van der Waals surface area (Å²) in [7, 11) is 0. The van der Waals surface area contributed by atoms with E-state index < -0.39 is 23.9 Å². The summed E-state index contributed by atoms with van der Waals surface area (Å²) in [5.74, 6) is -0.376. The molecular weight excluding hydrogens is 349 g/mol. The molecule has 0 aliphatic heterocycles. The molecule has 0 unspecified atom stereocenters. The Balaban J connectivity index is 1.50. The van der Waals surface area contributed by atoms with E-state index in [-0.39, 0.29) is 0 Å². The van der Waals surface area contributed by atoms with Gasteiger partial charge in [0.2, 0.25) is 0 Å². The Bertz CT molecular complexity index is 960. The lowest BCUT2D eigenvalue weighted by atomic mass is 10.1. The fraction of sp³-hybridized carbons (Fsp3) is 0.100. The molecule has 0 aliphatic carbocycles. The van der Waals surface area contributed by atoms with Crippen LogP contribution in [-0.2, 0) is 4.79 Å². The third-order valence-corrected chi connectivity index (χ3v) is 3.80. The van der Waals surface area contributed by atoms with Crippen LogP contribution in [0.5, 0.6) is 5.75 Å². The van der Waals surface area contributed by atoms with Crippen molar-refractivity contribution in [2.45, 2.75) is 13.0 Å². The molecule has 0 aromatic heterocycles. The first-order valence-corrected chi connectivity index (χ1v) is 8.29. The highest BCUT2D eigenvalue weighted by Gasteiger charge is 2.15. The molecule has 0 saturated carbocycles. The molecule has 0 heterocycles. The van der Waals surface area contributed by atoms with E-state index in [0.29, 0.717) is 11.4 Å². The summed E-state index contributed by atoms with van der Waals surface area (Å²) in [5, 5.41) is 4.53. The van der Waals surface area contributed by atoms with Crippen LogP contribution in [0.2, 0.25) is 0 Å². The molecule has 0 fully saturated rings. The lowest BCUT2D eigenvalue weighted by molar-refractivity contribution is -0.127. The Hall–Kier alpha value is -3.61. The third kappa shape index (κ3) is 4.94. The maximum absolute atomic E-state index is 12.8. The van der Waals surface area contributed by atoms with Gasteiger partial charge in [-0.1, -0.05) is 30.3 Å². The van der Waals surface area contributed by atoms with Gasteiger partial charge < -0.3 is 10.1 Å². The molecule has 1 atom stereocenters. The number of hydrazine groups is 1. The Labute approximate surface area is 155 Å². The number of hydrogen-bond acceptors (Lipinski definition) is 3. The Kier molecular flexibility index (Phi) is 5.51. The van der Waals surface area contributed by atoms with Crippen molar-refractivity contribution in [2.75, 3.05) is 5.32 Å². The summed E-state index contributed by atoms with van der Waals surface area (Å²) in [6.45, 7) is 1.57. The number of carbonyl (C=O) groups is 2. The van der Waals surface area contributed by atoms with Gasteiger partial charge in [-0.25, -0.2) is 14.6 Å². The van der Waals surface area contributed by atoms with Crippen LogP contribution < -0.4 is 20.9 Å². The minimum absolute atomic E-state index is 0.392. The van der Waals surface area contributed by atoms with E-state index in [4.69, 9.17) is 4.74 Å². The van der Waals surface area contributed by atoms with Gasteiger partial charge in [0.05, 0.1) is 0 Å². The van der Waals surface area contributed by atoms with Crippen LogP contribution in [0.1, 0.15) is 6.92 Å². The normalized spacial score (nSPS) is 11.5. The summed E-state index contributed by atoms with van der Waals surface area (Å²) in [6, 6.07) is 17.9. The number of benzene rings is 3. The van der Waals surface area contributed by atoms with Crippen molar-refractivity contribution in [1.29, 1.82) is 0 Å². The zero-order valence-corrected chi connectivity index (χ0v) is 14.5. The molecule has 3 N–H and O–H groups in total. The van der Waals surface area contributed by atoms with Gasteiger partial charge in [-0.2, -0.15) is 0 Å². The average Bonchev–Trinajstić information content (AvgIpc) is 2.67. The SMILES string of the molecule is C[C@H](Oc1ccc2ccccc2c1)C(=O)NNC(=O)Nc1ccc(F)cc1. The molecule has 138 valence electrons. The van der Waals surface area contributed by atoms with Gasteiger partial charge >= 0.3 is 6.03 Å². The number of halogens is 1. The molecule has 3 aromatic rings. The Morgan fingerprint density at radius 2 is 1.63 bits per heavy atom. The number of anilines is 1. The Morgan fingerprint density at radius 1 is 0.926 bits per heavy atom. The first-order chi connectivity index (χ1) is 13.0. The fourth-order valence-electron chi connectivity index (χ4n) is 2.41. The van der Waals surface area contributed by atoms with Crippen LogP contribution in [0.4, 0.5) is 14.9 Å². The fourth-order valence-corrected chi connectivity index (χ4v) is 2.41. The molecular formula is C20H18FN3O3. The predicted molar refractivity (Wildman–Crippen MR) is 101 cm³/mol. The monoisotopic (exact) mass is 367 g/mol. The van der Waals surface area contributed by atoms with Crippen molar-refractivity contribution in [2.24, 2.45) is 0 Å². The lowest BCUT2D eigenvalue weighted by Crippen LogP contribution is -2.48. The highest BCUT2D eigenvalue weighted by Crippen LogP contribution is 2.21. The van der Waals surface area contributed by atoms with Crippen molar-refractivity contribution in [3.05, 3.63) is 72.5 Å². The number of amides is 3.